The van der Waals surface area contributed by atoms with Gasteiger partial charge in [-0.25, -0.2) is 4.21 Å². The van der Waals surface area contributed by atoms with Gasteiger partial charge in [0.25, 0.3) is 0 Å². The molecule has 140 valence electrons. The van der Waals surface area contributed by atoms with Crippen molar-refractivity contribution >= 4 is 16.7 Å². The topological polar surface area (TPSA) is 39.1 Å². The van der Waals surface area contributed by atoms with Gasteiger partial charge in [-0.15, -0.1) is 0 Å². The third-order valence-electron chi connectivity index (χ3n) is 4.83. The summed E-state index contributed by atoms with van der Waals surface area (Å²) in [6.45, 7) is 6.26. The van der Waals surface area contributed by atoms with E-state index in [1.54, 1.807) is 22.9 Å². The van der Waals surface area contributed by atoms with Crippen molar-refractivity contribution in [3.63, 3.8) is 0 Å². The van der Waals surface area contributed by atoms with Gasteiger partial charge >= 0.3 is 0 Å². The van der Waals surface area contributed by atoms with E-state index in [4.69, 9.17) is 0 Å². The number of aromatic nitrogens is 1. The zero-order valence-electron chi connectivity index (χ0n) is 16.0. The molecule has 0 N–H and O–H groups in total. The molecule has 3 aromatic rings. The Hall–Kier alpha value is -2.46. The van der Waals surface area contributed by atoms with E-state index in [0.29, 0.717) is 22.3 Å². The van der Waals surface area contributed by atoms with Crippen molar-refractivity contribution < 1.29 is 9.00 Å². The van der Waals surface area contributed by atoms with Crippen LogP contribution >= 0.6 is 0 Å². The van der Waals surface area contributed by atoms with Gasteiger partial charge in [0.15, 0.2) is 0 Å². The molecular formula is C23H25NO2S. The molecule has 0 aliphatic carbocycles. The van der Waals surface area contributed by atoms with Gasteiger partial charge in [-0.1, -0.05) is 61.9 Å². The number of benzene rings is 2. The minimum Gasteiger partial charge on any atom is -0.279 e. The molecule has 0 saturated heterocycles. The lowest BCUT2D eigenvalue weighted by Gasteiger charge is -2.21. The fraction of sp³-hybridized carbons (Fsp3) is 0.261. The second-order valence-electron chi connectivity index (χ2n) is 7.16. The van der Waals surface area contributed by atoms with Crippen molar-refractivity contribution in [1.29, 1.82) is 0 Å². The van der Waals surface area contributed by atoms with Gasteiger partial charge < -0.3 is 0 Å². The van der Waals surface area contributed by atoms with Crippen molar-refractivity contribution in [3.8, 4) is 0 Å². The molecule has 1 aromatic heterocycles. The standard InChI is InChI=1S/C23H25NO2S/c1-17(2)21(19-8-5-4-6-9-19)16-22(25)24-15-7-10-23(24)27(26)20-13-11-18(3)12-14-20/h4-15,17,21H,16H2,1-3H3/t21-,27?/m0/s1. The molecule has 1 heterocycles. The fourth-order valence-electron chi connectivity index (χ4n) is 3.23. The van der Waals surface area contributed by atoms with Crippen LogP contribution in [-0.4, -0.2) is 14.7 Å². The van der Waals surface area contributed by atoms with Gasteiger partial charge in [-0.3, -0.25) is 9.36 Å². The van der Waals surface area contributed by atoms with Crippen LogP contribution < -0.4 is 0 Å². The molecule has 2 aromatic carbocycles. The van der Waals surface area contributed by atoms with Crippen molar-refractivity contribution in [2.45, 2.75) is 43.0 Å². The minimum absolute atomic E-state index is 0.0296. The lowest BCUT2D eigenvalue weighted by molar-refractivity contribution is 0.0875. The van der Waals surface area contributed by atoms with Crippen LogP contribution in [0.4, 0.5) is 0 Å². The summed E-state index contributed by atoms with van der Waals surface area (Å²) in [4.78, 5) is 13.7. The van der Waals surface area contributed by atoms with Crippen molar-refractivity contribution in [2.75, 3.05) is 0 Å². The molecule has 2 atom stereocenters. The molecule has 0 amide bonds. The summed E-state index contributed by atoms with van der Waals surface area (Å²) in [5.74, 6) is 0.428. The van der Waals surface area contributed by atoms with Gasteiger partial charge in [-0.2, -0.15) is 0 Å². The highest BCUT2D eigenvalue weighted by Crippen LogP contribution is 2.29. The summed E-state index contributed by atoms with van der Waals surface area (Å²) < 4.78 is 14.5. The van der Waals surface area contributed by atoms with Crippen molar-refractivity contribution in [3.05, 3.63) is 84.1 Å². The number of rotatable bonds is 6. The predicted octanol–water partition coefficient (Wildman–Crippen LogP) is 5.43. The van der Waals surface area contributed by atoms with E-state index in [9.17, 15) is 9.00 Å². The maximum absolute atomic E-state index is 13.0. The number of nitrogens with zero attached hydrogens (tertiary/aromatic N) is 1. The quantitative estimate of drug-likeness (QED) is 0.572. The molecule has 3 rings (SSSR count). The molecule has 0 spiro atoms. The fourth-order valence-corrected chi connectivity index (χ4v) is 4.40. The second-order valence-corrected chi connectivity index (χ2v) is 8.58. The van der Waals surface area contributed by atoms with Crippen LogP contribution in [0.25, 0.3) is 0 Å². The summed E-state index contributed by atoms with van der Waals surface area (Å²) in [5, 5.41) is 0.527. The zero-order chi connectivity index (χ0) is 19.4. The molecular weight excluding hydrogens is 354 g/mol. The van der Waals surface area contributed by atoms with E-state index in [1.165, 1.54) is 0 Å². The maximum atomic E-state index is 13.0. The normalized spacial score (nSPS) is 13.5. The molecule has 0 saturated carbocycles. The van der Waals surface area contributed by atoms with E-state index in [-0.39, 0.29) is 11.8 Å². The van der Waals surface area contributed by atoms with Crippen LogP contribution in [0.15, 0.2) is 82.8 Å². The molecule has 1 unspecified atom stereocenters. The van der Waals surface area contributed by atoms with Crippen LogP contribution in [0.3, 0.4) is 0 Å². The van der Waals surface area contributed by atoms with Crippen molar-refractivity contribution in [1.82, 2.24) is 4.57 Å². The summed E-state index contributed by atoms with van der Waals surface area (Å²) in [6, 6.07) is 21.3. The minimum atomic E-state index is -1.38. The van der Waals surface area contributed by atoms with Gasteiger partial charge in [0, 0.05) is 17.5 Å². The van der Waals surface area contributed by atoms with Gasteiger partial charge in [0.1, 0.15) is 15.8 Å². The lowest BCUT2D eigenvalue weighted by Crippen LogP contribution is -2.19. The van der Waals surface area contributed by atoms with Crippen LogP contribution in [-0.2, 0) is 10.8 Å². The first-order chi connectivity index (χ1) is 13.0. The highest BCUT2D eigenvalue weighted by molar-refractivity contribution is 7.85. The third-order valence-corrected chi connectivity index (χ3v) is 6.25. The molecule has 0 aliphatic rings. The van der Waals surface area contributed by atoms with E-state index < -0.39 is 10.8 Å². The Labute approximate surface area is 163 Å². The van der Waals surface area contributed by atoms with Gasteiger partial charge in [0.05, 0.1) is 0 Å². The Morgan fingerprint density at radius 2 is 1.63 bits per heavy atom. The maximum Gasteiger partial charge on any atom is 0.232 e. The number of hydrogen-bond donors (Lipinski definition) is 0. The molecule has 0 bridgehead atoms. The van der Waals surface area contributed by atoms with Crippen LogP contribution in [0, 0.1) is 12.8 Å². The lowest BCUT2D eigenvalue weighted by atomic mass is 9.85. The Balaban J connectivity index is 1.85. The molecule has 0 fully saturated rings. The Kier molecular flexibility index (Phi) is 6.07. The highest BCUT2D eigenvalue weighted by atomic mass is 32.2. The second kappa shape index (κ2) is 8.49. The SMILES string of the molecule is Cc1ccc(S(=O)c2cccn2C(=O)C[C@H](c2ccccc2)C(C)C)cc1. The first-order valence-electron chi connectivity index (χ1n) is 9.21. The summed E-state index contributed by atoms with van der Waals surface area (Å²) in [5.41, 5.74) is 2.28. The molecule has 0 radical (unpaired) electrons. The predicted molar refractivity (Wildman–Crippen MR) is 110 cm³/mol. The van der Waals surface area contributed by atoms with E-state index >= 15 is 0 Å². The van der Waals surface area contributed by atoms with Crippen LogP contribution in [0.5, 0.6) is 0 Å². The first-order valence-corrected chi connectivity index (χ1v) is 10.4. The summed E-state index contributed by atoms with van der Waals surface area (Å²) >= 11 is 0. The van der Waals surface area contributed by atoms with Gasteiger partial charge in [0.2, 0.25) is 5.91 Å². The average molecular weight is 380 g/mol. The van der Waals surface area contributed by atoms with Crippen LogP contribution in [0.2, 0.25) is 0 Å². The highest BCUT2D eigenvalue weighted by Gasteiger charge is 2.23. The van der Waals surface area contributed by atoms with E-state index in [2.05, 4.69) is 26.0 Å². The van der Waals surface area contributed by atoms with E-state index in [0.717, 1.165) is 11.1 Å². The van der Waals surface area contributed by atoms with Crippen LogP contribution in [0.1, 0.15) is 42.1 Å². The Morgan fingerprint density at radius 1 is 0.963 bits per heavy atom. The third kappa shape index (κ3) is 4.45. The smallest absolute Gasteiger partial charge is 0.232 e. The zero-order valence-corrected chi connectivity index (χ0v) is 16.8. The largest absolute Gasteiger partial charge is 0.279 e. The molecule has 0 aliphatic heterocycles. The molecule has 27 heavy (non-hydrogen) atoms. The molecule has 3 nitrogen and oxygen atoms in total. The number of carbonyl (C=O) groups excluding carboxylic acids is 1. The van der Waals surface area contributed by atoms with Crippen molar-refractivity contribution in [2.24, 2.45) is 5.92 Å². The first kappa shape index (κ1) is 19.3. The monoisotopic (exact) mass is 379 g/mol. The average Bonchev–Trinajstić information content (AvgIpc) is 3.16. The Bertz CT molecular complexity index is 927. The Morgan fingerprint density at radius 3 is 2.26 bits per heavy atom. The van der Waals surface area contributed by atoms with Gasteiger partial charge in [-0.05, 0) is 48.6 Å². The summed E-state index contributed by atoms with van der Waals surface area (Å²) in [6.07, 6.45) is 2.10. The number of carbonyl (C=O) groups is 1. The molecule has 4 heteroatoms. The van der Waals surface area contributed by atoms with E-state index in [1.807, 2.05) is 49.4 Å². The number of aryl methyl sites for hydroxylation is 1. The summed E-state index contributed by atoms with van der Waals surface area (Å²) in [7, 11) is -1.38. The number of hydrogen-bond acceptors (Lipinski definition) is 2.